The number of hydrogen-bond acceptors (Lipinski definition) is 3. The monoisotopic (exact) mass is 209 g/mol. The van der Waals surface area contributed by atoms with Crippen molar-refractivity contribution in [3.63, 3.8) is 0 Å². The minimum atomic E-state index is -0.624. The lowest BCUT2D eigenvalue weighted by Crippen LogP contribution is -2.29. The van der Waals surface area contributed by atoms with Crippen LogP contribution in [0.15, 0.2) is 6.33 Å². The highest BCUT2D eigenvalue weighted by Crippen LogP contribution is 2.37. The Morgan fingerprint density at radius 1 is 1.60 bits per heavy atom. The largest absolute Gasteiger partial charge is 0.390 e. The van der Waals surface area contributed by atoms with Crippen molar-refractivity contribution in [2.45, 2.75) is 51.7 Å². The Balaban J connectivity index is 1.99. The molecule has 84 valence electrons. The summed E-state index contributed by atoms with van der Waals surface area (Å²) in [4.78, 5) is 4.19. The van der Waals surface area contributed by atoms with E-state index in [0.717, 1.165) is 24.7 Å². The maximum absolute atomic E-state index is 10.2. The first-order chi connectivity index (χ1) is 7.11. The molecule has 1 aliphatic carbocycles. The van der Waals surface area contributed by atoms with Crippen molar-refractivity contribution in [3.05, 3.63) is 12.2 Å². The number of aliphatic hydroxyl groups is 1. The molecule has 4 nitrogen and oxygen atoms in total. The average molecular weight is 209 g/mol. The molecule has 1 aromatic heterocycles. The Morgan fingerprint density at radius 3 is 2.93 bits per heavy atom. The van der Waals surface area contributed by atoms with Crippen LogP contribution in [0, 0.1) is 5.92 Å². The van der Waals surface area contributed by atoms with E-state index < -0.39 is 5.60 Å². The summed E-state index contributed by atoms with van der Waals surface area (Å²) in [6, 6.07) is 0. The van der Waals surface area contributed by atoms with Gasteiger partial charge in [0.15, 0.2) is 0 Å². The second-order valence-corrected chi connectivity index (χ2v) is 4.81. The smallest absolute Gasteiger partial charge is 0.138 e. The fourth-order valence-electron chi connectivity index (χ4n) is 2.05. The summed E-state index contributed by atoms with van der Waals surface area (Å²) in [6.45, 7) is 4.75. The van der Waals surface area contributed by atoms with Crippen LogP contribution in [0.5, 0.6) is 0 Å². The van der Waals surface area contributed by atoms with Crippen molar-refractivity contribution in [3.8, 4) is 0 Å². The van der Waals surface area contributed by atoms with Crippen LogP contribution in [0.25, 0.3) is 0 Å². The molecule has 0 aromatic carbocycles. The van der Waals surface area contributed by atoms with Crippen LogP contribution in [-0.2, 0) is 13.0 Å². The average Bonchev–Trinajstić information content (AvgIpc) is 2.82. The molecule has 1 heterocycles. The van der Waals surface area contributed by atoms with Gasteiger partial charge in [0.05, 0.1) is 5.60 Å². The SMILES string of the molecule is CCn1ncnc1CC(C)(O)CC1CC1. The molecule has 1 saturated carbocycles. The maximum Gasteiger partial charge on any atom is 0.138 e. The van der Waals surface area contributed by atoms with Crippen molar-refractivity contribution in [1.29, 1.82) is 0 Å². The lowest BCUT2D eigenvalue weighted by atomic mass is 9.95. The third-order valence-corrected chi connectivity index (χ3v) is 2.96. The minimum Gasteiger partial charge on any atom is -0.390 e. The van der Waals surface area contributed by atoms with Crippen molar-refractivity contribution >= 4 is 0 Å². The van der Waals surface area contributed by atoms with Crippen molar-refractivity contribution < 1.29 is 5.11 Å². The predicted molar refractivity (Wildman–Crippen MR) is 57.4 cm³/mol. The quantitative estimate of drug-likeness (QED) is 0.797. The molecule has 2 rings (SSSR count). The van der Waals surface area contributed by atoms with Gasteiger partial charge in [0.1, 0.15) is 12.2 Å². The summed E-state index contributed by atoms with van der Waals surface area (Å²) in [5, 5.41) is 14.3. The summed E-state index contributed by atoms with van der Waals surface area (Å²) in [5.41, 5.74) is -0.624. The highest BCUT2D eigenvalue weighted by molar-refractivity contribution is 4.95. The standard InChI is InChI=1S/C11H19N3O/c1-3-14-10(12-8-13-14)7-11(2,15)6-9-4-5-9/h8-9,15H,3-7H2,1-2H3. The first kappa shape index (κ1) is 10.6. The topological polar surface area (TPSA) is 50.9 Å². The molecule has 4 heteroatoms. The summed E-state index contributed by atoms with van der Waals surface area (Å²) in [7, 11) is 0. The molecule has 1 atom stereocenters. The molecule has 0 radical (unpaired) electrons. The fraction of sp³-hybridized carbons (Fsp3) is 0.818. The summed E-state index contributed by atoms with van der Waals surface area (Å²) >= 11 is 0. The summed E-state index contributed by atoms with van der Waals surface area (Å²) in [6.07, 6.45) is 5.61. The van der Waals surface area contributed by atoms with Crippen LogP contribution in [0.2, 0.25) is 0 Å². The van der Waals surface area contributed by atoms with Gasteiger partial charge in [-0.2, -0.15) is 5.10 Å². The summed E-state index contributed by atoms with van der Waals surface area (Å²) < 4.78 is 1.85. The van der Waals surface area contributed by atoms with Crippen LogP contribution in [0.3, 0.4) is 0 Å². The van der Waals surface area contributed by atoms with Gasteiger partial charge in [0.25, 0.3) is 0 Å². The zero-order chi connectivity index (χ0) is 10.9. The molecule has 1 fully saturated rings. The van der Waals surface area contributed by atoms with Crippen LogP contribution in [0.4, 0.5) is 0 Å². The van der Waals surface area contributed by atoms with Gasteiger partial charge in [-0.3, -0.25) is 4.68 Å². The zero-order valence-electron chi connectivity index (χ0n) is 9.48. The Morgan fingerprint density at radius 2 is 2.33 bits per heavy atom. The molecule has 1 N–H and O–H groups in total. The van der Waals surface area contributed by atoms with Gasteiger partial charge in [-0.15, -0.1) is 0 Å². The Hall–Kier alpha value is -0.900. The van der Waals surface area contributed by atoms with Crippen LogP contribution in [-0.4, -0.2) is 25.5 Å². The summed E-state index contributed by atoms with van der Waals surface area (Å²) in [5.74, 6) is 1.63. The van der Waals surface area contributed by atoms with Gasteiger partial charge in [0.2, 0.25) is 0 Å². The van der Waals surface area contributed by atoms with Crippen molar-refractivity contribution in [1.82, 2.24) is 14.8 Å². The Labute approximate surface area is 90.3 Å². The molecule has 0 amide bonds. The first-order valence-corrected chi connectivity index (χ1v) is 5.70. The van der Waals surface area contributed by atoms with Gasteiger partial charge in [-0.1, -0.05) is 12.8 Å². The molecular formula is C11H19N3O. The zero-order valence-corrected chi connectivity index (χ0v) is 9.48. The maximum atomic E-state index is 10.2. The lowest BCUT2D eigenvalue weighted by Gasteiger charge is -2.22. The van der Waals surface area contributed by atoms with Crippen LogP contribution >= 0.6 is 0 Å². The molecule has 1 unspecified atom stereocenters. The van der Waals surface area contributed by atoms with E-state index in [2.05, 4.69) is 10.1 Å². The highest BCUT2D eigenvalue weighted by atomic mass is 16.3. The lowest BCUT2D eigenvalue weighted by molar-refractivity contribution is 0.0425. The number of aryl methyl sites for hydroxylation is 1. The van der Waals surface area contributed by atoms with E-state index >= 15 is 0 Å². The molecule has 1 aromatic rings. The van der Waals surface area contributed by atoms with Gasteiger partial charge in [0, 0.05) is 13.0 Å². The highest BCUT2D eigenvalue weighted by Gasteiger charge is 2.32. The van der Waals surface area contributed by atoms with Gasteiger partial charge < -0.3 is 5.11 Å². The van der Waals surface area contributed by atoms with Crippen molar-refractivity contribution in [2.24, 2.45) is 5.92 Å². The van der Waals surface area contributed by atoms with Crippen LogP contribution < -0.4 is 0 Å². The third-order valence-electron chi connectivity index (χ3n) is 2.96. The normalized spacial score (nSPS) is 20.2. The molecule has 0 saturated heterocycles. The van der Waals surface area contributed by atoms with E-state index in [0.29, 0.717) is 6.42 Å². The molecule has 0 aliphatic heterocycles. The predicted octanol–water partition coefficient (Wildman–Crippen LogP) is 1.39. The van der Waals surface area contributed by atoms with E-state index in [4.69, 9.17) is 0 Å². The van der Waals surface area contributed by atoms with Crippen molar-refractivity contribution in [2.75, 3.05) is 0 Å². The first-order valence-electron chi connectivity index (χ1n) is 5.70. The molecule has 0 spiro atoms. The molecule has 15 heavy (non-hydrogen) atoms. The van der Waals surface area contributed by atoms with Gasteiger partial charge >= 0.3 is 0 Å². The minimum absolute atomic E-state index is 0.608. The van der Waals surface area contributed by atoms with E-state index in [9.17, 15) is 5.11 Å². The second kappa shape index (κ2) is 3.93. The number of rotatable bonds is 5. The third kappa shape index (κ3) is 2.78. The number of nitrogens with zero attached hydrogens (tertiary/aromatic N) is 3. The number of hydrogen-bond donors (Lipinski definition) is 1. The fourth-order valence-corrected chi connectivity index (χ4v) is 2.05. The van der Waals surface area contributed by atoms with Crippen LogP contribution in [0.1, 0.15) is 38.9 Å². The van der Waals surface area contributed by atoms with E-state index in [1.165, 1.54) is 12.8 Å². The second-order valence-electron chi connectivity index (χ2n) is 4.81. The van der Waals surface area contributed by atoms with E-state index in [1.54, 1.807) is 6.33 Å². The molecule has 1 aliphatic rings. The molecular weight excluding hydrogens is 190 g/mol. The Kier molecular flexibility index (Phi) is 2.78. The van der Waals surface area contributed by atoms with E-state index in [1.807, 2.05) is 18.5 Å². The van der Waals surface area contributed by atoms with Gasteiger partial charge in [-0.25, -0.2) is 4.98 Å². The van der Waals surface area contributed by atoms with Gasteiger partial charge in [-0.05, 0) is 26.2 Å². The van der Waals surface area contributed by atoms with E-state index in [-0.39, 0.29) is 0 Å². The molecule has 0 bridgehead atoms. The Bertz CT molecular complexity index is 328. The number of aromatic nitrogens is 3.